The molecule has 14 rings (SSSR count). The van der Waals surface area contributed by atoms with Crippen LogP contribution in [0.1, 0.15) is 61.2 Å². The number of nitrogens with one attached hydrogen (secondary N) is 4. The number of sulfonamides is 4. The molecule has 0 amide bonds. The summed E-state index contributed by atoms with van der Waals surface area (Å²) >= 11 is 0.672. The van der Waals surface area contributed by atoms with E-state index in [-0.39, 0.29) is 110 Å². The number of rotatable bonds is 43. The first-order chi connectivity index (χ1) is 66.0. The normalized spacial score (nSPS) is 11.3. The molecule has 0 atom stereocenters. The number of benzene rings is 12. The number of hydrogen-bond acceptors (Lipinski definition) is 26. The summed E-state index contributed by atoms with van der Waals surface area (Å²) in [5.74, 6) is -0.221. The summed E-state index contributed by atoms with van der Waals surface area (Å²) in [7, 11) is -19.7. The van der Waals surface area contributed by atoms with Crippen molar-refractivity contribution in [1.29, 1.82) is 0 Å². The minimum Gasteiger partial charge on any atom is -0.494 e. The van der Waals surface area contributed by atoms with E-state index in [1.54, 1.807) is 146 Å². The lowest BCUT2D eigenvalue weighted by Crippen LogP contribution is -2.20. The van der Waals surface area contributed by atoms with Crippen LogP contribution >= 0.6 is 11.3 Å². The number of ether oxygens (including phenoxy) is 10. The molecule has 42 heteroatoms. The van der Waals surface area contributed by atoms with Gasteiger partial charge in [-0.3, -0.25) is 23.9 Å². The zero-order valence-corrected chi connectivity index (χ0v) is 77.4. The molecule has 0 aliphatic heterocycles. The molecular formula is C96H86F3N5O28S6. The van der Waals surface area contributed by atoms with Crippen molar-refractivity contribution in [3.05, 3.63) is 344 Å². The van der Waals surface area contributed by atoms with Crippen molar-refractivity contribution in [2.45, 2.75) is 54.1 Å². The van der Waals surface area contributed by atoms with Gasteiger partial charge in [-0.2, -0.15) is 0 Å². The molecule has 0 fully saturated rings. The van der Waals surface area contributed by atoms with Crippen molar-refractivity contribution >= 4 is 119 Å². The molecule has 0 spiro atoms. The fourth-order valence-electron chi connectivity index (χ4n) is 11.9. The molecule has 12 aromatic carbocycles. The average Bonchev–Trinajstić information content (AvgIpc) is 1.80. The van der Waals surface area contributed by atoms with Gasteiger partial charge in [-0.15, -0.1) is 24.5 Å². The number of carbonyl (C=O) groups is 4. The third-order valence-corrected chi connectivity index (χ3v) is 28.1. The third kappa shape index (κ3) is 31.5. The molecule has 2 aromatic heterocycles. The van der Waals surface area contributed by atoms with E-state index in [1.807, 2.05) is 12.1 Å². The predicted molar refractivity (Wildman–Crippen MR) is 504 cm³/mol. The van der Waals surface area contributed by atoms with Crippen molar-refractivity contribution in [3.8, 4) is 57.5 Å². The highest BCUT2D eigenvalue weighted by molar-refractivity contribution is 7.96. The molecule has 0 unspecified atom stereocenters. The second kappa shape index (κ2) is 48.5. The van der Waals surface area contributed by atoms with E-state index in [0.717, 1.165) is 30.4 Å². The first kappa shape index (κ1) is 103. The van der Waals surface area contributed by atoms with Gasteiger partial charge in [0.15, 0.2) is 0 Å². The number of alkyl halides is 3. The summed E-state index contributed by atoms with van der Waals surface area (Å²) in [5, 5.41) is 36.3. The van der Waals surface area contributed by atoms with Gasteiger partial charge in [-0.1, -0.05) is 61.9 Å². The quantitative estimate of drug-likeness (QED) is 0.0165. The van der Waals surface area contributed by atoms with Crippen LogP contribution in [-0.4, -0.2) is 157 Å². The van der Waals surface area contributed by atoms with Gasteiger partial charge >= 0.3 is 30.2 Å². The summed E-state index contributed by atoms with van der Waals surface area (Å²) in [4.78, 5) is 47.3. The Morgan fingerprint density at radius 1 is 0.312 bits per heavy atom. The van der Waals surface area contributed by atoms with E-state index in [0.29, 0.717) is 86.6 Å². The third-order valence-electron chi connectivity index (χ3n) is 18.6. The van der Waals surface area contributed by atoms with Gasteiger partial charge in [-0.25, -0.2) is 61.3 Å². The van der Waals surface area contributed by atoms with Crippen LogP contribution in [0.4, 0.5) is 35.9 Å². The maximum atomic E-state index is 12.9. The van der Waals surface area contributed by atoms with Crippen LogP contribution in [0.25, 0.3) is 10.9 Å². The molecule has 33 nitrogen and oxygen atoms in total. The average molecular weight is 2010 g/mol. The molecule has 720 valence electrons. The molecular weight excluding hydrogens is 1920 g/mol. The van der Waals surface area contributed by atoms with Crippen LogP contribution in [0.3, 0.4) is 0 Å². The number of pyridine rings is 1. The molecule has 0 aliphatic rings. The molecule has 138 heavy (non-hydrogen) atoms. The smallest absolute Gasteiger partial charge is 0.494 e. The van der Waals surface area contributed by atoms with Crippen molar-refractivity contribution in [2.75, 3.05) is 78.4 Å². The van der Waals surface area contributed by atoms with Gasteiger partial charge in [0, 0.05) is 34.3 Å². The van der Waals surface area contributed by atoms with Gasteiger partial charge < -0.3 is 67.8 Å². The van der Waals surface area contributed by atoms with E-state index < -0.39 is 90.8 Å². The standard InChI is InChI=1S/C25H21NO8S3.C25H27NO7S.C24H20N2O6S.C22H18F3NO7S/c27-25(28)18-6-10-20(11-7-18)33-16-17-34-21-12-8-19(9-13-21)26-37(31,32)24-15-14-23(35-24)36(29,30)22-4-2-1-3-5-22;1-2-3-16-31-23-12-14-24(15-13-23)34(29,30)26-20-6-10-22(11-7-20)33-18-17-32-21-8-4-19(5-9-21)25(27)28;27-24(28)18-6-10-20(11-7-18)31-15-16-32-21-12-8-19(9-13-21)26-33(29,30)22-5-1-3-17-4-2-14-25-23(17)22;23-22(24,25)33-19-3-1-2-4-20(19)34(29,30)26-16-7-11-18(12-8-16)32-14-13-31-17-9-5-15(6-10-17)21(27)28/h1-15,26H,16-17H2,(H,27,28);4-15,26H,2-3,16-18H2,1H3,(H,27,28);1-14,26H,15-16H2,(H,27,28);1-12,26H,13-14H2,(H,27,28). The number of aromatic carboxylic acids is 4. The summed E-state index contributed by atoms with van der Waals surface area (Å²) in [6, 6.07) is 78.6. The number of thiophene rings is 1. The highest BCUT2D eigenvalue weighted by atomic mass is 32.3. The summed E-state index contributed by atoms with van der Waals surface area (Å²) in [6.45, 7) is 4.45. The maximum Gasteiger partial charge on any atom is 0.573 e. The lowest BCUT2D eigenvalue weighted by molar-refractivity contribution is -0.275. The Bertz CT molecular complexity index is 7030. The van der Waals surface area contributed by atoms with Crippen molar-refractivity contribution in [3.63, 3.8) is 0 Å². The Morgan fingerprint density at radius 2 is 0.609 bits per heavy atom. The number of sulfone groups is 1. The van der Waals surface area contributed by atoms with Crippen LogP contribution < -0.4 is 66.3 Å². The fourth-order valence-corrected chi connectivity index (χ4v) is 19.6. The number of halogens is 3. The Balaban J connectivity index is 0.000000177. The zero-order valence-electron chi connectivity index (χ0n) is 72.5. The van der Waals surface area contributed by atoms with Crippen LogP contribution in [0.15, 0.2) is 350 Å². The van der Waals surface area contributed by atoms with Gasteiger partial charge in [0.1, 0.15) is 129 Å². The van der Waals surface area contributed by atoms with E-state index in [9.17, 15) is 74.4 Å². The van der Waals surface area contributed by atoms with E-state index in [4.69, 9.17) is 63.1 Å². The number of unbranched alkanes of at least 4 members (excludes halogenated alkanes) is 1. The summed E-state index contributed by atoms with van der Waals surface area (Å²) < 4.78 is 228. The topological polar surface area (TPSA) is 473 Å². The largest absolute Gasteiger partial charge is 0.573 e. The zero-order chi connectivity index (χ0) is 98.9. The minimum absolute atomic E-state index is 0.0668. The number of fused-ring (bicyclic) bond motifs is 1. The number of carboxylic acids is 4. The molecule has 8 N–H and O–H groups in total. The Kier molecular flexibility index (Phi) is 36.2. The second-order valence-corrected chi connectivity index (χ2v) is 38.7. The molecule has 0 bridgehead atoms. The first-order valence-corrected chi connectivity index (χ1v) is 49.4. The number of anilines is 4. The van der Waals surface area contributed by atoms with Gasteiger partial charge in [0.2, 0.25) is 9.84 Å². The number of aromatic nitrogens is 1. The van der Waals surface area contributed by atoms with Crippen LogP contribution in [-0.2, 0) is 49.9 Å². The minimum atomic E-state index is -5.05. The predicted octanol–water partition coefficient (Wildman–Crippen LogP) is 18.1. The summed E-state index contributed by atoms with van der Waals surface area (Å²) in [5.41, 5.74) is 2.26. The fraction of sp³-hybridized carbons (Fsp3) is 0.135. The van der Waals surface area contributed by atoms with E-state index >= 15 is 0 Å². The summed E-state index contributed by atoms with van der Waals surface area (Å²) in [6.07, 6.45) is -1.52. The lowest BCUT2D eigenvalue weighted by atomic mass is 10.2. The number of carboxylic acid groups (broad SMARTS) is 4. The molecule has 0 aliphatic carbocycles. The maximum absolute atomic E-state index is 12.9. The Hall–Kier alpha value is -15.6. The van der Waals surface area contributed by atoms with Gasteiger partial charge in [-0.05, 0) is 273 Å². The van der Waals surface area contributed by atoms with Crippen LogP contribution in [0.5, 0.6) is 57.5 Å². The van der Waals surface area contributed by atoms with Crippen LogP contribution in [0, 0.1) is 0 Å². The first-order valence-electron chi connectivity index (χ1n) is 41.2. The van der Waals surface area contributed by atoms with Crippen LogP contribution in [0.2, 0.25) is 0 Å². The Morgan fingerprint density at radius 3 is 0.964 bits per heavy atom. The van der Waals surface area contributed by atoms with E-state index in [2.05, 4.69) is 35.5 Å². The van der Waals surface area contributed by atoms with E-state index in [1.165, 1.54) is 152 Å². The molecule has 2 heterocycles. The number of nitrogens with zero attached hydrogens (tertiary/aromatic N) is 1. The van der Waals surface area contributed by atoms with Gasteiger partial charge in [0.25, 0.3) is 40.1 Å². The molecule has 14 aromatic rings. The number of para-hydroxylation sites is 2. The highest BCUT2D eigenvalue weighted by Crippen LogP contribution is 2.35. The Labute approximate surface area is 794 Å². The monoisotopic (exact) mass is 2010 g/mol. The second-order valence-electron chi connectivity index (χ2n) is 28.5. The molecule has 0 radical (unpaired) electrons. The molecule has 0 saturated heterocycles. The molecule has 0 saturated carbocycles. The van der Waals surface area contributed by atoms with Crippen molar-refractivity contribution in [1.82, 2.24) is 4.98 Å². The lowest BCUT2D eigenvalue weighted by Gasteiger charge is -2.14. The van der Waals surface area contributed by atoms with Crippen molar-refractivity contribution < 1.29 is 142 Å². The highest BCUT2D eigenvalue weighted by Gasteiger charge is 2.34. The van der Waals surface area contributed by atoms with Gasteiger partial charge in [0.05, 0.1) is 44.2 Å². The van der Waals surface area contributed by atoms with Crippen molar-refractivity contribution in [2.24, 2.45) is 0 Å². The number of hydrogen-bond donors (Lipinski definition) is 8. The SMILES string of the molecule is CCCCOc1ccc(S(=O)(=O)Nc2ccc(OCCOc3ccc(C(=O)O)cc3)cc2)cc1.O=C(O)c1ccc(OCCOc2ccc(NS(=O)(=O)c3ccc(S(=O)(=O)c4ccccc4)s3)cc2)cc1.O=C(O)c1ccc(OCCOc2ccc(NS(=O)(=O)c3cccc4cccnc34)cc2)cc1.O=C(O)c1ccc(OCCOc2ccc(NS(=O)(=O)c3ccccc3OC(F)(F)F)cc2)cc1.